The molecule has 1 N–H and O–H groups in total. The maximum atomic E-state index is 11.5. The van der Waals surface area contributed by atoms with Crippen LogP contribution in [0.3, 0.4) is 0 Å². The zero-order valence-electron chi connectivity index (χ0n) is 10.7. The lowest BCUT2D eigenvalue weighted by Crippen LogP contribution is -2.31. The van der Waals surface area contributed by atoms with Gasteiger partial charge < -0.3 is 14.3 Å². The van der Waals surface area contributed by atoms with Crippen LogP contribution >= 0.6 is 12.2 Å². The van der Waals surface area contributed by atoms with E-state index in [0.29, 0.717) is 6.54 Å². The second-order valence-electron chi connectivity index (χ2n) is 3.14. The van der Waals surface area contributed by atoms with Crippen LogP contribution in [0.25, 0.3) is 0 Å². The summed E-state index contributed by atoms with van der Waals surface area (Å²) >= 11 is 4.66. The molecule has 19 heavy (non-hydrogen) atoms. The van der Waals surface area contributed by atoms with E-state index in [2.05, 4.69) is 27.7 Å². The molecule has 0 spiro atoms. The van der Waals surface area contributed by atoms with Crippen molar-refractivity contribution in [2.45, 2.75) is 6.92 Å². The number of carbonyl (C=O) groups is 1. The first-order chi connectivity index (χ1) is 9.14. The minimum Gasteiger partial charge on any atom is -0.481 e. The van der Waals surface area contributed by atoms with Crippen LogP contribution in [0.1, 0.15) is 6.92 Å². The first kappa shape index (κ1) is 14.9. The molecule has 1 rings (SSSR count). The molecule has 0 aliphatic heterocycles. The number of aromatic nitrogens is 2. The van der Waals surface area contributed by atoms with Gasteiger partial charge in [0.2, 0.25) is 11.8 Å². The summed E-state index contributed by atoms with van der Waals surface area (Å²) in [6.07, 6.45) is -0.664. The Morgan fingerprint density at radius 1 is 1.42 bits per heavy atom. The number of rotatable bonds is 6. The van der Waals surface area contributed by atoms with Crippen molar-refractivity contribution in [1.29, 1.82) is 0 Å². The number of ether oxygens (including phenoxy) is 2. The fourth-order valence-corrected chi connectivity index (χ4v) is 1.29. The first-order valence-electron chi connectivity index (χ1n) is 5.30. The third kappa shape index (κ3) is 4.21. The monoisotopic (exact) mass is 286 g/mol. The summed E-state index contributed by atoms with van der Waals surface area (Å²) in [7, 11) is 2.89. The Bertz CT molecular complexity index is 435. The molecule has 104 valence electrons. The highest BCUT2D eigenvalue weighted by atomic mass is 32.1. The van der Waals surface area contributed by atoms with Crippen molar-refractivity contribution >= 4 is 29.8 Å². The third-order valence-electron chi connectivity index (χ3n) is 2.03. The summed E-state index contributed by atoms with van der Waals surface area (Å²) in [5, 5.41) is 0. The SMILES string of the molecule is CCN(C=S)C(=O)ONc1nc(OC)cc(OC)n1. The molecule has 0 aliphatic carbocycles. The highest BCUT2D eigenvalue weighted by Gasteiger charge is 2.12. The van der Waals surface area contributed by atoms with Crippen LogP contribution < -0.4 is 15.0 Å². The van der Waals surface area contributed by atoms with Crippen molar-refractivity contribution < 1.29 is 19.1 Å². The summed E-state index contributed by atoms with van der Waals surface area (Å²) in [6, 6.07) is 1.49. The number of carbonyl (C=O) groups excluding carboxylic acids is 1. The Balaban J connectivity index is 2.71. The van der Waals surface area contributed by atoms with E-state index in [4.69, 9.17) is 14.3 Å². The molecule has 0 bridgehead atoms. The fraction of sp³-hybridized carbons (Fsp3) is 0.400. The van der Waals surface area contributed by atoms with E-state index in [1.54, 1.807) is 6.92 Å². The molecule has 0 aliphatic rings. The molecule has 0 unspecified atom stereocenters. The number of anilines is 1. The molecule has 9 heteroatoms. The lowest BCUT2D eigenvalue weighted by Gasteiger charge is -2.14. The molecule has 8 nitrogen and oxygen atoms in total. The van der Waals surface area contributed by atoms with E-state index in [1.165, 1.54) is 30.7 Å². The van der Waals surface area contributed by atoms with E-state index in [9.17, 15) is 4.79 Å². The lowest BCUT2D eigenvalue weighted by molar-refractivity contribution is 0.146. The summed E-state index contributed by atoms with van der Waals surface area (Å²) in [5.41, 5.74) is 3.49. The number of methoxy groups -OCH3 is 2. The van der Waals surface area contributed by atoms with Crippen molar-refractivity contribution in [3.63, 3.8) is 0 Å². The van der Waals surface area contributed by atoms with Crippen molar-refractivity contribution in [3.8, 4) is 11.8 Å². The molecule has 0 saturated heterocycles. The predicted octanol–water partition coefficient (Wildman–Crippen LogP) is 1.24. The van der Waals surface area contributed by atoms with Crippen LogP contribution in [0.5, 0.6) is 11.8 Å². The molecule has 0 radical (unpaired) electrons. The number of amides is 1. The van der Waals surface area contributed by atoms with Crippen LogP contribution in [-0.4, -0.2) is 47.2 Å². The van der Waals surface area contributed by atoms with Gasteiger partial charge in [0.25, 0.3) is 5.95 Å². The minimum atomic E-state index is -0.664. The van der Waals surface area contributed by atoms with Gasteiger partial charge in [-0.25, -0.2) is 4.79 Å². The number of hydrogen-bond donors (Lipinski definition) is 1. The topological polar surface area (TPSA) is 85.8 Å². The maximum absolute atomic E-state index is 11.5. The second kappa shape index (κ2) is 7.31. The van der Waals surface area contributed by atoms with Crippen molar-refractivity contribution in [1.82, 2.24) is 14.9 Å². The molecular weight excluding hydrogens is 272 g/mol. The Hall–Kier alpha value is -2.16. The summed E-state index contributed by atoms with van der Waals surface area (Å²) < 4.78 is 9.90. The van der Waals surface area contributed by atoms with Crippen LogP contribution in [0.2, 0.25) is 0 Å². The molecule has 1 aromatic heterocycles. The first-order valence-corrected chi connectivity index (χ1v) is 5.77. The van der Waals surface area contributed by atoms with Crippen molar-refractivity contribution in [2.75, 3.05) is 26.2 Å². The van der Waals surface area contributed by atoms with E-state index in [0.717, 1.165) is 0 Å². The van der Waals surface area contributed by atoms with Gasteiger partial charge in [-0.1, -0.05) is 12.2 Å². The summed E-state index contributed by atoms with van der Waals surface area (Å²) in [6.45, 7) is 2.15. The summed E-state index contributed by atoms with van der Waals surface area (Å²) in [4.78, 5) is 25.3. The number of thiocarbonyl (C=S) groups is 1. The number of nitrogens with zero attached hydrogens (tertiary/aromatic N) is 3. The van der Waals surface area contributed by atoms with Crippen molar-refractivity contribution in [2.24, 2.45) is 0 Å². The van der Waals surface area contributed by atoms with Gasteiger partial charge in [0.15, 0.2) is 0 Å². The standard InChI is InChI=1S/C10H14N4O4S/c1-4-14(6-19)10(15)18-13-9-11-7(16-2)5-8(12-9)17-3/h5-6H,4H2,1-3H3,(H,11,12,13). The second-order valence-corrected chi connectivity index (χ2v) is 3.35. The average molecular weight is 286 g/mol. The highest BCUT2D eigenvalue weighted by Crippen LogP contribution is 2.17. The maximum Gasteiger partial charge on any atom is 0.438 e. The van der Waals surface area contributed by atoms with Gasteiger partial charge in [-0.05, 0) is 6.92 Å². The van der Waals surface area contributed by atoms with Crippen molar-refractivity contribution in [3.05, 3.63) is 6.07 Å². The predicted molar refractivity (Wildman–Crippen MR) is 71.3 cm³/mol. The minimum absolute atomic E-state index is 0.0324. The Kier molecular flexibility index (Phi) is 5.73. The Labute approximate surface area is 115 Å². The Morgan fingerprint density at radius 3 is 2.42 bits per heavy atom. The third-order valence-corrected chi connectivity index (χ3v) is 2.28. The van der Waals surface area contributed by atoms with Gasteiger partial charge >= 0.3 is 6.09 Å². The van der Waals surface area contributed by atoms with Crippen LogP contribution in [-0.2, 0) is 4.84 Å². The highest BCUT2D eigenvalue weighted by molar-refractivity contribution is 7.78. The molecule has 0 atom stereocenters. The van der Waals surface area contributed by atoms with Gasteiger partial charge in [-0.15, -0.1) is 0 Å². The van der Waals surface area contributed by atoms with Crippen LogP contribution in [0, 0.1) is 0 Å². The van der Waals surface area contributed by atoms with Crippen LogP contribution in [0.15, 0.2) is 6.07 Å². The van der Waals surface area contributed by atoms with Gasteiger partial charge in [-0.3, -0.25) is 4.90 Å². The normalized spacial score (nSPS) is 9.42. The molecule has 1 heterocycles. The van der Waals surface area contributed by atoms with E-state index in [1.807, 2.05) is 0 Å². The number of hydrogen-bond acceptors (Lipinski definition) is 8. The molecule has 0 fully saturated rings. The molecular formula is C10H14N4O4S. The van der Waals surface area contributed by atoms with E-state index in [-0.39, 0.29) is 17.7 Å². The zero-order valence-corrected chi connectivity index (χ0v) is 11.6. The number of nitrogens with one attached hydrogen (secondary N) is 1. The van der Waals surface area contributed by atoms with Crippen LogP contribution in [0.4, 0.5) is 10.7 Å². The zero-order chi connectivity index (χ0) is 14.3. The molecule has 0 aromatic carbocycles. The largest absolute Gasteiger partial charge is 0.481 e. The molecule has 0 saturated carbocycles. The molecule has 1 amide bonds. The van der Waals surface area contributed by atoms with E-state index >= 15 is 0 Å². The molecule has 1 aromatic rings. The summed E-state index contributed by atoms with van der Waals surface area (Å²) in [5.74, 6) is 0.574. The van der Waals surface area contributed by atoms with E-state index < -0.39 is 6.09 Å². The van der Waals surface area contributed by atoms with Gasteiger partial charge in [0.1, 0.15) is 0 Å². The fourth-order valence-electron chi connectivity index (χ4n) is 1.05. The quantitative estimate of drug-likeness (QED) is 0.617. The Morgan fingerprint density at radius 2 is 2.00 bits per heavy atom. The lowest BCUT2D eigenvalue weighted by atomic mass is 10.6. The van der Waals surface area contributed by atoms with Gasteiger partial charge in [-0.2, -0.15) is 15.4 Å². The average Bonchev–Trinajstić information content (AvgIpc) is 2.45. The smallest absolute Gasteiger partial charge is 0.438 e. The van der Waals surface area contributed by atoms with Gasteiger partial charge in [0, 0.05) is 6.54 Å². The van der Waals surface area contributed by atoms with Gasteiger partial charge in [0.05, 0.1) is 25.8 Å².